The number of rotatable bonds is 6. The van der Waals surface area contributed by atoms with Crippen molar-refractivity contribution in [2.75, 3.05) is 7.11 Å². The summed E-state index contributed by atoms with van der Waals surface area (Å²) < 4.78 is 13.2. The second-order valence-corrected chi connectivity index (χ2v) is 7.86. The molecule has 28 heavy (non-hydrogen) atoms. The number of nitrogens with zero attached hydrogens (tertiary/aromatic N) is 3. The predicted octanol–water partition coefficient (Wildman–Crippen LogP) is 4.40. The lowest BCUT2D eigenvalue weighted by atomic mass is 10.1. The van der Waals surface area contributed by atoms with Crippen LogP contribution in [0.4, 0.5) is 4.79 Å². The molecule has 1 aliphatic heterocycles. The van der Waals surface area contributed by atoms with Crippen LogP contribution in [-0.2, 0) is 20.1 Å². The molecule has 0 saturated carbocycles. The van der Waals surface area contributed by atoms with Gasteiger partial charge in [-0.15, -0.1) is 0 Å². The van der Waals surface area contributed by atoms with Crippen LogP contribution >= 0.6 is 11.8 Å². The predicted molar refractivity (Wildman–Crippen MR) is 112 cm³/mol. The molecule has 0 saturated heterocycles. The van der Waals surface area contributed by atoms with Crippen molar-refractivity contribution < 1.29 is 14.3 Å². The molecule has 2 heterocycles. The van der Waals surface area contributed by atoms with E-state index >= 15 is 0 Å². The minimum atomic E-state index is -0.0949. The summed E-state index contributed by atoms with van der Waals surface area (Å²) in [6, 6.07) is 13.8. The van der Waals surface area contributed by atoms with Crippen LogP contribution in [0.1, 0.15) is 18.3 Å². The summed E-state index contributed by atoms with van der Waals surface area (Å²) in [6.45, 7) is 2.29. The molecule has 3 aromatic rings. The third-order valence-corrected chi connectivity index (χ3v) is 5.95. The fourth-order valence-corrected chi connectivity index (χ4v) is 4.14. The van der Waals surface area contributed by atoms with E-state index in [9.17, 15) is 4.79 Å². The van der Waals surface area contributed by atoms with E-state index in [1.54, 1.807) is 7.11 Å². The second kappa shape index (κ2) is 7.67. The Morgan fingerprint density at radius 2 is 1.89 bits per heavy atom. The lowest BCUT2D eigenvalue weighted by Crippen LogP contribution is -2.12. The van der Waals surface area contributed by atoms with Crippen molar-refractivity contribution in [1.82, 2.24) is 9.55 Å². The van der Waals surface area contributed by atoms with Crippen molar-refractivity contribution in [2.45, 2.75) is 25.2 Å². The van der Waals surface area contributed by atoms with Crippen LogP contribution in [-0.4, -0.2) is 32.9 Å². The largest absolute Gasteiger partial charge is 0.497 e. The Kier molecular flexibility index (Phi) is 5.09. The summed E-state index contributed by atoms with van der Waals surface area (Å²) in [5, 5.41) is 0.0405. The molecule has 0 bridgehead atoms. The highest BCUT2D eigenvalue weighted by Gasteiger charge is 2.24. The van der Waals surface area contributed by atoms with E-state index in [0.717, 1.165) is 46.1 Å². The lowest BCUT2D eigenvalue weighted by Gasteiger charge is -2.10. The third-order valence-electron chi connectivity index (χ3n) is 4.87. The first-order chi connectivity index (χ1) is 13.5. The van der Waals surface area contributed by atoms with Gasteiger partial charge < -0.3 is 14.0 Å². The van der Waals surface area contributed by atoms with Gasteiger partial charge in [-0.25, -0.2) is 9.98 Å². The highest BCUT2D eigenvalue weighted by Crippen LogP contribution is 2.27. The fourth-order valence-electron chi connectivity index (χ4n) is 3.20. The SMILES string of the molecule is COc1ccc2nc(COc3ccc(CC4SC(=O)N=C4C)cc3)n(C)c2c1. The summed E-state index contributed by atoms with van der Waals surface area (Å²) in [5.74, 6) is 2.44. The number of benzene rings is 2. The van der Waals surface area contributed by atoms with E-state index < -0.39 is 0 Å². The normalized spacial score (nSPS) is 16.5. The molecule has 2 aromatic carbocycles. The molecule has 0 N–H and O–H groups in total. The topological polar surface area (TPSA) is 65.7 Å². The van der Waals surface area contributed by atoms with Gasteiger partial charge in [0.05, 0.1) is 23.4 Å². The molecule has 1 aliphatic rings. The van der Waals surface area contributed by atoms with Crippen molar-refractivity contribution in [3.05, 3.63) is 53.9 Å². The second-order valence-electron chi connectivity index (χ2n) is 6.70. The first kappa shape index (κ1) is 18.6. The van der Waals surface area contributed by atoms with Crippen LogP contribution < -0.4 is 9.47 Å². The Balaban J connectivity index is 1.41. The van der Waals surface area contributed by atoms with E-state index in [-0.39, 0.29) is 10.5 Å². The van der Waals surface area contributed by atoms with Crippen molar-refractivity contribution in [2.24, 2.45) is 12.0 Å². The zero-order valence-electron chi connectivity index (χ0n) is 16.0. The first-order valence-corrected chi connectivity index (χ1v) is 9.88. The molecule has 7 heteroatoms. The maximum atomic E-state index is 11.4. The number of imidazole rings is 1. The number of hydrogen-bond acceptors (Lipinski definition) is 5. The van der Waals surface area contributed by atoms with Gasteiger partial charge >= 0.3 is 5.24 Å². The van der Waals surface area contributed by atoms with Crippen LogP contribution in [0.3, 0.4) is 0 Å². The number of aromatic nitrogens is 2. The maximum absolute atomic E-state index is 11.4. The summed E-state index contributed by atoms with van der Waals surface area (Å²) in [6.07, 6.45) is 0.790. The van der Waals surface area contributed by atoms with Gasteiger partial charge in [0, 0.05) is 18.8 Å². The molecule has 1 aromatic heterocycles. The number of ether oxygens (including phenoxy) is 2. The van der Waals surface area contributed by atoms with Gasteiger partial charge in [-0.05, 0) is 43.2 Å². The van der Waals surface area contributed by atoms with Gasteiger partial charge in [0.15, 0.2) is 0 Å². The monoisotopic (exact) mass is 395 g/mol. The fraction of sp³-hybridized carbons (Fsp3) is 0.286. The first-order valence-electron chi connectivity index (χ1n) is 9.00. The molecule has 0 radical (unpaired) electrons. The number of methoxy groups -OCH3 is 1. The van der Waals surface area contributed by atoms with Crippen molar-refractivity contribution in [3.8, 4) is 11.5 Å². The van der Waals surface area contributed by atoms with Crippen LogP contribution in [0.15, 0.2) is 47.5 Å². The Bertz CT molecular complexity index is 1060. The molecule has 4 rings (SSSR count). The van der Waals surface area contributed by atoms with E-state index in [1.165, 1.54) is 11.8 Å². The van der Waals surface area contributed by atoms with E-state index in [1.807, 2.05) is 61.0 Å². The number of hydrogen-bond donors (Lipinski definition) is 0. The van der Waals surface area contributed by atoms with Gasteiger partial charge in [-0.2, -0.15) is 0 Å². The van der Waals surface area contributed by atoms with Gasteiger partial charge in [0.2, 0.25) is 0 Å². The summed E-state index contributed by atoms with van der Waals surface area (Å²) >= 11 is 1.29. The van der Waals surface area contributed by atoms with Crippen LogP contribution in [0.2, 0.25) is 0 Å². The third kappa shape index (κ3) is 3.75. The molecule has 1 unspecified atom stereocenters. The quantitative estimate of drug-likeness (QED) is 0.619. The Labute approximate surface area is 167 Å². The van der Waals surface area contributed by atoms with E-state index in [4.69, 9.17) is 9.47 Å². The molecule has 1 atom stereocenters. The zero-order valence-corrected chi connectivity index (χ0v) is 16.8. The maximum Gasteiger partial charge on any atom is 0.305 e. The minimum Gasteiger partial charge on any atom is -0.497 e. The average molecular weight is 395 g/mol. The molecule has 144 valence electrons. The molecule has 6 nitrogen and oxygen atoms in total. The van der Waals surface area contributed by atoms with Gasteiger partial charge in [-0.3, -0.25) is 4.79 Å². The van der Waals surface area contributed by atoms with Gasteiger partial charge in [-0.1, -0.05) is 23.9 Å². The van der Waals surface area contributed by atoms with Crippen LogP contribution in [0.25, 0.3) is 11.0 Å². The van der Waals surface area contributed by atoms with Gasteiger partial charge in [0.25, 0.3) is 0 Å². The van der Waals surface area contributed by atoms with Crippen molar-refractivity contribution in [3.63, 3.8) is 0 Å². The Hall–Kier alpha value is -2.80. The number of fused-ring (bicyclic) bond motifs is 1. The number of aliphatic imine (C=N–C) groups is 1. The highest BCUT2D eigenvalue weighted by atomic mass is 32.2. The van der Waals surface area contributed by atoms with Crippen molar-refractivity contribution >= 4 is 33.7 Å². The molecule has 0 fully saturated rings. The number of aryl methyl sites for hydroxylation is 1. The summed E-state index contributed by atoms with van der Waals surface area (Å²) in [7, 11) is 3.63. The summed E-state index contributed by atoms with van der Waals surface area (Å²) in [5.41, 5.74) is 3.98. The van der Waals surface area contributed by atoms with E-state index in [2.05, 4.69) is 9.98 Å². The van der Waals surface area contributed by atoms with E-state index in [0.29, 0.717) is 6.61 Å². The number of amides is 1. The zero-order chi connectivity index (χ0) is 19.7. The standard InChI is InChI=1S/C21H21N3O3S/c1-13-19(28-21(25)22-13)10-14-4-6-15(7-5-14)27-12-20-23-17-9-8-16(26-3)11-18(17)24(20)2/h4-9,11,19H,10,12H2,1-3H3. The van der Waals surface area contributed by atoms with Crippen molar-refractivity contribution in [1.29, 1.82) is 0 Å². The number of carbonyl (C=O) groups is 1. The lowest BCUT2D eigenvalue weighted by molar-refractivity contribution is 0.268. The smallest absolute Gasteiger partial charge is 0.305 e. The summed E-state index contributed by atoms with van der Waals surface area (Å²) in [4.78, 5) is 20.0. The molecule has 0 spiro atoms. The number of carbonyl (C=O) groups excluding carboxylic acids is 1. The Morgan fingerprint density at radius 3 is 2.57 bits per heavy atom. The van der Waals surface area contributed by atoms with Gasteiger partial charge in [0.1, 0.15) is 23.9 Å². The molecular formula is C21H21N3O3S. The van der Waals surface area contributed by atoms with Crippen LogP contribution in [0.5, 0.6) is 11.5 Å². The minimum absolute atomic E-state index is 0.0949. The van der Waals surface area contributed by atoms with Crippen LogP contribution in [0, 0.1) is 0 Å². The molecule has 1 amide bonds. The average Bonchev–Trinajstić information content (AvgIpc) is 3.19. The molecular weight excluding hydrogens is 374 g/mol. The molecule has 0 aliphatic carbocycles. The Morgan fingerprint density at radius 1 is 1.14 bits per heavy atom. The number of thioether (sulfide) groups is 1. The highest BCUT2D eigenvalue weighted by molar-refractivity contribution is 8.15.